The molecule has 0 saturated heterocycles. The zero-order chi connectivity index (χ0) is 25.2. The molecule has 2 aromatic heterocycles. The monoisotopic (exact) mass is 482 g/mol. The van der Waals surface area contributed by atoms with Gasteiger partial charge < -0.3 is 42.1 Å². The summed E-state index contributed by atoms with van der Waals surface area (Å²) in [6.45, 7) is -0.461. The third-order valence-electron chi connectivity index (χ3n) is 6.43. The molecule has 0 bridgehead atoms. The van der Waals surface area contributed by atoms with E-state index in [4.69, 9.17) is 21.7 Å². The number of rotatable bonds is 4. The van der Waals surface area contributed by atoms with Gasteiger partial charge >= 0.3 is 11.4 Å². The number of nitrogens with two attached hydrogens (primary N) is 2. The molecule has 0 radical (unpaired) electrons. The highest BCUT2D eigenvalue weighted by Crippen LogP contribution is 2.35. The molecule has 2 aliphatic carbocycles. The Labute approximate surface area is 193 Å². The van der Waals surface area contributed by atoms with Crippen molar-refractivity contribution in [2.45, 2.75) is 49.3 Å². The highest BCUT2D eigenvalue weighted by Gasteiger charge is 2.43. The van der Waals surface area contributed by atoms with Gasteiger partial charge in [0, 0.05) is 37.4 Å². The van der Waals surface area contributed by atoms with E-state index in [1.807, 2.05) is 0 Å². The molecule has 8 atom stereocenters. The Hall–Kier alpha value is -2.88. The summed E-state index contributed by atoms with van der Waals surface area (Å²) in [4.78, 5) is 30.3. The van der Waals surface area contributed by atoms with Crippen LogP contribution in [0.5, 0.6) is 0 Å². The van der Waals surface area contributed by atoms with Gasteiger partial charge in [0.15, 0.2) is 0 Å². The van der Waals surface area contributed by atoms with Crippen LogP contribution in [-0.4, -0.2) is 87.4 Å². The molecule has 4 rings (SSSR count). The number of aliphatic hydroxyl groups is 6. The number of nitrogens with zero attached hydrogens (tertiary/aromatic N) is 4. The molecular weight excluding hydrogens is 452 g/mol. The molecule has 34 heavy (non-hydrogen) atoms. The van der Waals surface area contributed by atoms with Crippen LogP contribution in [0.3, 0.4) is 0 Å². The van der Waals surface area contributed by atoms with Crippen molar-refractivity contribution in [3.8, 4) is 0 Å². The fourth-order valence-corrected chi connectivity index (χ4v) is 4.47. The lowest BCUT2D eigenvalue weighted by Gasteiger charge is -2.18. The Morgan fingerprint density at radius 3 is 1.35 bits per heavy atom. The maximum atomic E-state index is 11.6. The summed E-state index contributed by atoms with van der Waals surface area (Å²) >= 11 is 0. The molecule has 10 N–H and O–H groups in total. The molecule has 0 aromatic carbocycles. The average Bonchev–Trinajstić information content (AvgIpc) is 3.24. The second kappa shape index (κ2) is 10.6. The van der Waals surface area contributed by atoms with Crippen molar-refractivity contribution < 1.29 is 30.6 Å². The predicted molar refractivity (Wildman–Crippen MR) is 118 cm³/mol. The molecule has 0 aliphatic heterocycles. The summed E-state index contributed by atoms with van der Waals surface area (Å²) in [7, 11) is 0. The first-order chi connectivity index (χ1) is 16.1. The minimum atomic E-state index is -1.09. The van der Waals surface area contributed by atoms with Crippen molar-refractivity contribution >= 4 is 11.6 Å². The number of aliphatic hydroxyl groups excluding tert-OH is 6. The third-order valence-corrected chi connectivity index (χ3v) is 6.43. The van der Waals surface area contributed by atoms with Gasteiger partial charge in [0.05, 0.1) is 24.3 Å². The number of anilines is 2. The molecule has 2 fully saturated rings. The van der Waals surface area contributed by atoms with Crippen LogP contribution >= 0.6 is 0 Å². The van der Waals surface area contributed by atoms with E-state index in [2.05, 4.69) is 9.97 Å². The first-order valence-electron chi connectivity index (χ1n) is 10.7. The fraction of sp³-hybridized carbons (Fsp3) is 0.600. The lowest BCUT2D eigenvalue weighted by Crippen LogP contribution is -2.35. The molecule has 14 nitrogen and oxygen atoms in total. The van der Waals surface area contributed by atoms with E-state index in [-0.39, 0.29) is 24.8 Å². The van der Waals surface area contributed by atoms with Crippen LogP contribution in [0, 0.1) is 11.8 Å². The van der Waals surface area contributed by atoms with Gasteiger partial charge in [-0.15, -0.1) is 0 Å². The van der Waals surface area contributed by atoms with Crippen LogP contribution in [0.2, 0.25) is 0 Å². The molecule has 2 aliphatic rings. The minimum Gasteiger partial charge on any atom is -0.396 e. The number of hydrogen-bond acceptors (Lipinski definition) is 12. The fourth-order valence-electron chi connectivity index (χ4n) is 4.47. The van der Waals surface area contributed by atoms with E-state index in [9.17, 15) is 30.0 Å². The second-order valence-electron chi connectivity index (χ2n) is 8.54. The van der Waals surface area contributed by atoms with E-state index in [1.165, 1.54) is 33.7 Å². The Kier molecular flexibility index (Phi) is 8.01. The van der Waals surface area contributed by atoms with Crippen LogP contribution in [-0.2, 0) is 0 Å². The zero-order valence-corrected chi connectivity index (χ0v) is 18.2. The Morgan fingerprint density at radius 2 is 1.09 bits per heavy atom. The topological polar surface area (TPSA) is 243 Å². The number of aromatic nitrogens is 4. The Balaban J connectivity index is 0.000000191. The lowest BCUT2D eigenvalue weighted by atomic mass is 10.1. The first kappa shape index (κ1) is 25.7. The Bertz CT molecular complexity index is 1010. The second-order valence-corrected chi connectivity index (χ2v) is 8.54. The van der Waals surface area contributed by atoms with E-state index in [0.717, 1.165) is 0 Å². The highest BCUT2D eigenvalue weighted by atomic mass is 16.3. The summed E-state index contributed by atoms with van der Waals surface area (Å²) < 4.78 is 2.47. The van der Waals surface area contributed by atoms with Crippen LogP contribution in [0.25, 0.3) is 0 Å². The summed E-state index contributed by atoms with van der Waals surface area (Å²) in [6.07, 6.45) is -0.723. The predicted octanol–water partition coefficient (Wildman–Crippen LogP) is -3.80. The molecule has 2 saturated carbocycles. The maximum absolute atomic E-state index is 11.6. The minimum absolute atomic E-state index is 0.109. The summed E-state index contributed by atoms with van der Waals surface area (Å²) in [5.74, 6) is -0.644. The summed E-state index contributed by atoms with van der Waals surface area (Å²) in [6, 6.07) is 1.74. The van der Waals surface area contributed by atoms with Gasteiger partial charge in [0.2, 0.25) is 0 Å². The Morgan fingerprint density at radius 1 is 0.735 bits per heavy atom. The number of nitrogen functional groups attached to an aromatic ring is 2. The van der Waals surface area contributed by atoms with Crippen LogP contribution < -0.4 is 22.8 Å². The van der Waals surface area contributed by atoms with Crippen LogP contribution in [0.15, 0.2) is 34.1 Å². The molecule has 188 valence electrons. The van der Waals surface area contributed by atoms with Gasteiger partial charge in [-0.25, -0.2) is 9.59 Å². The zero-order valence-electron chi connectivity index (χ0n) is 18.2. The van der Waals surface area contributed by atoms with E-state index in [1.54, 1.807) is 0 Å². The van der Waals surface area contributed by atoms with Gasteiger partial charge in [0.1, 0.15) is 23.8 Å². The first-order valence-corrected chi connectivity index (χ1v) is 10.7. The molecular formula is C20H30N6O8. The van der Waals surface area contributed by atoms with Crippen molar-refractivity contribution in [3.63, 3.8) is 0 Å². The van der Waals surface area contributed by atoms with Gasteiger partial charge in [-0.05, 0) is 25.0 Å². The molecule has 14 heteroatoms. The summed E-state index contributed by atoms with van der Waals surface area (Å²) in [5, 5.41) is 57.1. The lowest BCUT2D eigenvalue weighted by molar-refractivity contribution is -0.00455. The third kappa shape index (κ3) is 5.11. The van der Waals surface area contributed by atoms with Gasteiger partial charge in [-0.1, -0.05) is 0 Å². The normalized spacial score (nSPS) is 32.9. The summed E-state index contributed by atoms with van der Waals surface area (Å²) in [5.41, 5.74) is 9.59. The quantitative estimate of drug-likeness (QED) is 0.209. The molecule has 2 aromatic rings. The largest absolute Gasteiger partial charge is 0.396 e. The molecule has 2 unspecified atom stereocenters. The van der Waals surface area contributed by atoms with Crippen molar-refractivity contribution in [1.29, 1.82) is 0 Å². The van der Waals surface area contributed by atoms with Gasteiger partial charge in [-0.3, -0.25) is 9.13 Å². The van der Waals surface area contributed by atoms with Gasteiger partial charge in [-0.2, -0.15) is 9.97 Å². The SMILES string of the molecule is Nc1ccn([C@@H]2C[C@H](CO)C(O)[C@@H]2O)c(=O)n1.Nc1ccn([C@H]2C[C@@H](CO)[C@@H](O)C2O)c(=O)n1. The molecule has 0 spiro atoms. The standard InChI is InChI=1S/2C10H15N3O4/c2*11-7-1-2-13(10(17)12-7)6-3-5(4-14)8(15)9(6)16/h2*1-2,5-6,8-9,14-16H,3-4H2,(H2,11,12,17)/t5-,6-,8?,9-;5-,6-,8+,9?/m10/s1. The van der Waals surface area contributed by atoms with Crippen LogP contribution in [0.1, 0.15) is 24.9 Å². The van der Waals surface area contributed by atoms with E-state index < -0.39 is 59.7 Å². The maximum Gasteiger partial charge on any atom is 0.349 e. The van der Waals surface area contributed by atoms with Crippen molar-refractivity contribution in [2.75, 3.05) is 24.7 Å². The van der Waals surface area contributed by atoms with E-state index in [0.29, 0.717) is 12.8 Å². The molecule has 2 heterocycles. The van der Waals surface area contributed by atoms with Crippen molar-refractivity contribution in [1.82, 2.24) is 19.1 Å². The number of hydrogen-bond donors (Lipinski definition) is 8. The smallest absolute Gasteiger partial charge is 0.349 e. The van der Waals surface area contributed by atoms with Crippen molar-refractivity contribution in [3.05, 3.63) is 45.5 Å². The molecule has 0 amide bonds. The van der Waals surface area contributed by atoms with E-state index >= 15 is 0 Å². The van der Waals surface area contributed by atoms with Gasteiger partial charge in [0.25, 0.3) is 0 Å². The van der Waals surface area contributed by atoms with Crippen molar-refractivity contribution in [2.24, 2.45) is 11.8 Å². The average molecular weight is 482 g/mol. The van der Waals surface area contributed by atoms with Crippen LogP contribution in [0.4, 0.5) is 11.6 Å². The highest BCUT2D eigenvalue weighted by molar-refractivity contribution is 5.24.